The first-order valence-electron chi connectivity index (χ1n) is 5.41. The number of benzene rings is 1. The molecule has 0 aromatic heterocycles. The van der Waals surface area contributed by atoms with Crippen LogP contribution in [0, 0.1) is 0 Å². The molecule has 0 spiro atoms. The summed E-state index contributed by atoms with van der Waals surface area (Å²) in [6.07, 6.45) is 0.732. The van der Waals surface area contributed by atoms with Gasteiger partial charge in [0.25, 0.3) is 0 Å². The molecule has 0 amide bonds. The van der Waals surface area contributed by atoms with E-state index >= 15 is 0 Å². The molecule has 0 radical (unpaired) electrons. The maximum absolute atomic E-state index is 11.8. The van der Waals surface area contributed by atoms with E-state index in [9.17, 15) is 9.59 Å². The van der Waals surface area contributed by atoms with Gasteiger partial charge in [-0.1, -0.05) is 0 Å². The smallest absolute Gasteiger partial charge is 0.343 e. The van der Waals surface area contributed by atoms with E-state index in [1.807, 2.05) is 6.92 Å². The van der Waals surface area contributed by atoms with E-state index in [1.165, 1.54) is 0 Å². The van der Waals surface area contributed by atoms with Gasteiger partial charge >= 0.3 is 5.97 Å². The Kier molecular flexibility index (Phi) is 4.40. The van der Waals surface area contributed by atoms with Gasteiger partial charge in [0.2, 0.25) is 0 Å². The van der Waals surface area contributed by atoms with Crippen molar-refractivity contribution in [2.45, 2.75) is 26.4 Å². The van der Waals surface area contributed by atoms with Gasteiger partial charge < -0.3 is 9.47 Å². The van der Waals surface area contributed by atoms with Crippen LogP contribution in [0.15, 0.2) is 24.3 Å². The molecular weight excluding hydrogens is 220 g/mol. The Balaban J connectivity index is 2.70. The van der Waals surface area contributed by atoms with Crippen molar-refractivity contribution in [3.8, 4) is 5.75 Å². The summed E-state index contributed by atoms with van der Waals surface area (Å²) < 4.78 is 10.4. The predicted octanol–water partition coefficient (Wildman–Crippen LogP) is 2.22. The van der Waals surface area contributed by atoms with Crippen molar-refractivity contribution >= 4 is 12.3 Å². The molecule has 17 heavy (non-hydrogen) atoms. The molecular formula is C13H16O4. The van der Waals surface area contributed by atoms with Crippen LogP contribution in [0.2, 0.25) is 0 Å². The highest BCUT2D eigenvalue weighted by Gasteiger charge is 2.30. The Morgan fingerprint density at radius 1 is 1.29 bits per heavy atom. The molecule has 0 saturated carbocycles. The average Bonchev–Trinajstić information content (AvgIpc) is 2.30. The Labute approximate surface area is 101 Å². The zero-order valence-electron chi connectivity index (χ0n) is 10.2. The summed E-state index contributed by atoms with van der Waals surface area (Å²) in [5, 5.41) is 0. The fourth-order valence-corrected chi connectivity index (χ4v) is 1.26. The zero-order chi connectivity index (χ0) is 12.9. The van der Waals surface area contributed by atoms with Gasteiger partial charge in [-0.3, -0.25) is 4.79 Å². The Morgan fingerprint density at radius 3 is 2.35 bits per heavy atom. The molecule has 0 bridgehead atoms. The van der Waals surface area contributed by atoms with Crippen LogP contribution in [0.25, 0.3) is 0 Å². The van der Waals surface area contributed by atoms with Crippen LogP contribution in [0.3, 0.4) is 0 Å². The van der Waals surface area contributed by atoms with Gasteiger partial charge in [-0.15, -0.1) is 0 Å². The molecule has 0 fully saturated rings. The number of carbonyl (C=O) groups excluding carboxylic acids is 2. The molecule has 4 heteroatoms. The van der Waals surface area contributed by atoms with E-state index in [1.54, 1.807) is 38.1 Å². The summed E-state index contributed by atoms with van der Waals surface area (Å²) >= 11 is 0. The lowest BCUT2D eigenvalue weighted by Gasteiger charge is -2.22. The monoisotopic (exact) mass is 236 g/mol. The molecule has 0 unspecified atom stereocenters. The number of rotatable bonds is 5. The van der Waals surface area contributed by atoms with Crippen molar-refractivity contribution in [2.24, 2.45) is 0 Å². The first-order valence-corrected chi connectivity index (χ1v) is 5.41. The number of ether oxygens (including phenoxy) is 2. The summed E-state index contributed by atoms with van der Waals surface area (Å²) in [5.74, 6) is -0.0634. The Hall–Kier alpha value is -1.68. The molecule has 0 heterocycles. The lowest BCUT2D eigenvalue weighted by atomic mass is 10.1. The summed E-state index contributed by atoms with van der Waals surface area (Å²) in [5.41, 5.74) is -0.438. The van der Waals surface area contributed by atoms with Crippen LogP contribution < -0.4 is 4.74 Å². The number of aldehydes is 1. The predicted molar refractivity (Wildman–Crippen MR) is 63.2 cm³/mol. The van der Waals surface area contributed by atoms with Crippen molar-refractivity contribution in [3.63, 3.8) is 0 Å². The zero-order valence-corrected chi connectivity index (χ0v) is 10.2. The fourth-order valence-electron chi connectivity index (χ4n) is 1.26. The van der Waals surface area contributed by atoms with E-state index in [0.717, 1.165) is 6.29 Å². The quantitative estimate of drug-likeness (QED) is 0.447. The second kappa shape index (κ2) is 5.59. The molecule has 0 aliphatic rings. The normalized spacial score (nSPS) is 11.0. The van der Waals surface area contributed by atoms with Gasteiger partial charge in [-0.2, -0.15) is 0 Å². The topological polar surface area (TPSA) is 52.6 Å². The van der Waals surface area contributed by atoms with Crippen LogP contribution >= 0.6 is 0 Å². The molecule has 0 saturated heterocycles. The number of hydrogen-bond donors (Lipinski definition) is 0. The van der Waals surface area contributed by atoms with E-state index < -0.39 is 11.6 Å². The second-order valence-corrected chi connectivity index (χ2v) is 4.02. The molecule has 0 aliphatic carbocycles. The van der Waals surface area contributed by atoms with E-state index in [4.69, 9.17) is 9.47 Å². The van der Waals surface area contributed by atoms with Crippen molar-refractivity contribution < 1.29 is 19.1 Å². The average molecular weight is 236 g/mol. The number of carbonyl (C=O) groups is 2. The molecule has 0 aliphatic heterocycles. The molecule has 0 atom stereocenters. The summed E-state index contributed by atoms with van der Waals surface area (Å²) in [7, 11) is 0. The largest absolute Gasteiger partial charge is 0.424 e. The lowest BCUT2D eigenvalue weighted by molar-refractivity contribution is -0.157. The van der Waals surface area contributed by atoms with E-state index in [0.29, 0.717) is 17.9 Å². The van der Waals surface area contributed by atoms with Crippen molar-refractivity contribution in [1.29, 1.82) is 0 Å². The highest BCUT2D eigenvalue weighted by Crippen LogP contribution is 2.17. The molecule has 92 valence electrons. The minimum Gasteiger partial charge on any atom is -0.424 e. The first-order chi connectivity index (χ1) is 7.99. The highest BCUT2D eigenvalue weighted by molar-refractivity contribution is 5.81. The van der Waals surface area contributed by atoms with Crippen molar-refractivity contribution in [3.05, 3.63) is 29.8 Å². The van der Waals surface area contributed by atoms with Gasteiger partial charge in [0.15, 0.2) is 5.60 Å². The molecule has 1 rings (SSSR count). The molecule has 4 nitrogen and oxygen atoms in total. The van der Waals surface area contributed by atoms with Gasteiger partial charge in [0, 0.05) is 12.2 Å². The van der Waals surface area contributed by atoms with E-state index in [2.05, 4.69) is 0 Å². The fraction of sp³-hybridized carbons (Fsp3) is 0.385. The van der Waals surface area contributed by atoms with Crippen LogP contribution in [-0.2, 0) is 9.53 Å². The van der Waals surface area contributed by atoms with Crippen molar-refractivity contribution in [1.82, 2.24) is 0 Å². The molecule has 1 aromatic carbocycles. The van der Waals surface area contributed by atoms with E-state index in [-0.39, 0.29) is 0 Å². The summed E-state index contributed by atoms with van der Waals surface area (Å²) in [6, 6.07) is 6.32. The third-order valence-corrected chi connectivity index (χ3v) is 2.22. The third kappa shape index (κ3) is 3.67. The van der Waals surface area contributed by atoms with Gasteiger partial charge in [0.1, 0.15) is 12.0 Å². The molecule has 1 aromatic rings. The maximum atomic E-state index is 11.8. The van der Waals surface area contributed by atoms with Gasteiger partial charge in [-0.25, -0.2) is 4.79 Å². The minimum atomic E-state index is -0.974. The highest BCUT2D eigenvalue weighted by atomic mass is 16.6. The standard InChI is InChI=1S/C13H16O4/c1-4-16-13(2,3)12(15)17-11-7-5-10(9-14)6-8-11/h5-9H,4H2,1-3H3. The third-order valence-electron chi connectivity index (χ3n) is 2.22. The summed E-state index contributed by atoms with van der Waals surface area (Å²) in [4.78, 5) is 22.2. The van der Waals surface area contributed by atoms with Gasteiger partial charge in [0.05, 0.1) is 0 Å². The lowest BCUT2D eigenvalue weighted by Crippen LogP contribution is -2.38. The van der Waals surface area contributed by atoms with Crippen LogP contribution in [-0.4, -0.2) is 24.5 Å². The van der Waals surface area contributed by atoms with Gasteiger partial charge in [-0.05, 0) is 45.0 Å². The minimum absolute atomic E-state index is 0.397. The second-order valence-electron chi connectivity index (χ2n) is 4.02. The van der Waals surface area contributed by atoms with Crippen LogP contribution in [0.1, 0.15) is 31.1 Å². The SMILES string of the molecule is CCOC(C)(C)C(=O)Oc1ccc(C=O)cc1. The first kappa shape index (κ1) is 13.4. The van der Waals surface area contributed by atoms with Crippen molar-refractivity contribution in [2.75, 3.05) is 6.61 Å². The number of hydrogen-bond acceptors (Lipinski definition) is 4. The maximum Gasteiger partial charge on any atom is 0.343 e. The Morgan fingerprint density at radius 2 is 1.88 bits per heavy atom. The van der Waals surface area contributed by atoms with Crippen LogP contribution in [0.4, 0.5) is 0 Å². The number of esters is 1. The summed E-state index contributed by atoms with van der Waals surface area (Å²) in [6.45, 7) is 5.55. The molecule has 0 N–H and O–H groups in total. The van der Waals surface area contributed by atoms with Crippen LogP contribution in [0.5, 0.6) is 5.75 Å². The Bertz CT molecular complexity index is 392.